The fourth-order valence-corrected chi connectivity index (χ4v) is 2.10. The van der Waals surface area contributed by atoms with Crippen molar-refractivity contribution in [3.05, 3.63) is 42.2 Å². The van der Waals surface area contributed by atoms with Gasteiger partial charge in [-0.3, -0.25) is 4.68 Å². The molecule has 96 valence electrons. The highest BCUT2D eigenvalue weighted by molar-refractivity contribution is 5.62. The molecule has 0 saturated heterocycles. The van der Waals surface area contributed by atoms with Crippen molar-refractivity contribution in [2.24, 2.45) is 0 Å². The van der Waals surface area contributed by atoms with E-state index in [-0.39, 0.29) is 0 Å². The molecule has 0 radical (unpaired) electrons. The summed E-state index contributed by atoms with van der Waals surface area (Å²) in [5.74, 6) is 0. The average molecular weight is 243 g/mol. The predicted octanol–water partition coefficient (Wildman–Crippen LogP) is 3.24. The molecule has 2 aromatic rings. The van der Waals surface area contributed by atoms with Gasteiger partial charge < -0.3 is 5.32 Å². The van der Waals surface area contributed by atoms with Crippen molar-refractivity contribution in [2.45, 2.75) is 33.4 Å². The second kappa shape index (κ2) is 5.83. The smallest absolute Gasteiger partial charge is 0.0568 e. The number of nitrogens with zero attached hydrogens (tertiary/aromatic N) is 2. The first-order valence-electron chi connectivity index (χ1n) is 6.60. The van der Waals surface area contributed by atoms with Gasteiger partial charge in [0.1, 0.15) is 0 Å². The summed E-state index contributed by atoms with van der Waals surface area (Å²) in [6.45, 7) is 8.32. The van der Waals surface area contributed by atoms with Crippen molar-refractivity contribution in [3.8, 4) is 11.1 Å². The van der Waals surface area contributed by atoms with E-state index in [4.69, 9.17) is 0 Å². The average Bonchev–Trinajstić information content (AvgIpc) is 2.88. The number of hydrogen-bond acceptors (Lipinski definition) is 2. The van der Waals surface area contributed by atoms with E-state index in [1.165, 1.54) is 16.7 Å². The van der Waals surface area contributed by atoms with Crippen molar-refractivity contribution in [1.29, 1.82) is 0 Å². The summed E-state index contributed by atoms with van der Waals surface area (Å²) in [7, 11) is 0. The van der Waals surface area contributed by atoms with Gasteiger partial charge in [0.25, 0.3) is 0 Å². The molecule has 1 unspecified atom stereocenters. The van der Waals surface area contributed by atoms with Gasteiger partial charge in [0.2, 0.25) is 0 Å². The monoisotopic (exact) mass is 243 g/mol. The molecule has 18 heavy (non-hydrogen) atoms. The minimum atomic E-state index is 0.385. The first-order valence-corrected chi connectivity index (χ1v) is 6.60. The Labute approximate surface area is 109 Å². The number of benzene rings is 1. The molecule has 0 saturated carbocycles. The number of hydrogen-bond donors (Lipinski definition) is 1. The molecule has 0 aliphatic rings. The molecule has 1 N–H and O–H groups in total. The maximum absolute atomic E-state index is 4.32. The molecule has 0 aliphatic heterocycles. The third-order valence-corrected chi connectivity index (χ3v) is 3.19. The third-order valence-electron chi connectivity index (χ3n) is 3.19. The van der Waals surface area contributed by atoms with Crippen molar-refractivity contribution in [2.75, 3.05) is 6.54 Å². The molecule has 0 fully saturated rings. The fraction of sp³-hybridized carbons (Fsp3) is 0.400. The normalized spacial score (nSPS) is 12.6. The Balaban J connectivity index is 2.26. The van der Waals surface area contributed by atoms with E-state index in [1.54, 1.807) is 0 Å². The molecule has 1 aromatic carbocycles. The maximum Gasteiger partial charge on any atom is 0.0568 e. The van der Waals surface area contributed by atoms with Gasteiger partial charge in [0.15, 0.2) is 0 Å². The lowest BCUT2D eigenvalue weighted by Crippen LogP contribution is -2.17. The summed E-state index contributed by atoms with van der Waals surface area (Å²) in [6, 6.07) is 9.04. The molecule has 2 rings (SSSR count). The molecule has 1 heterocycles. The Morgan fingerprint density at radius 1 is 1.28 bits per heavy atom. The zero-order valence-corrected chi connectivity index (χ0v) is 11.4. The molecule has 1 aromatic heterocycles. The zero-order chi connectivity index (χ0) is 13.0. The van der Waals surface area contributed by atoms with Crippen LogP contribution in [0.2, 0.25) is 0 Å². The van der Waals surface area contributed by atoms with Gasteiger partial charge in [-0.25, -0.2) is 0 Å². The van der Waals surface area contributed by atoms with Crippen molar-refractivity contribution >= 4 is 0 Å². The summed E-state index contributed by atoms with van der Waals surface area (Å²) in [4.78, 5) is 0. The lowest BCUT2D eigenvalue weighted by molar-refractivity contribution is 0.598. The van der Waals surface area contributed by atoms with Crippen LogP contribution in [-0.4, -0.2) is 16.3 Å². The van der Waals surface area contributed by atoms with E-state index in [0.717, 1.165) is 13.1 Å². The molecule has 0 aliphatic carbocycles. The largest absolute Gasteiger partial charge is 0.310 e. The number of aromatic nitrogens is 2. The van der Waals surface area contributed by atoms with Crippen LogP contribution in [0.15, 0.2) is 36.7 Å². The van der Waals surface area contributed by atoms with E-state index >= 15 is 0 Å². The van der Waals surface area contributed by atoms with Crippen LogP contribution in [0.1, 0.15) is 32.4 Å². The molecule has 3 nitrogen and oxygen atoms in total. The van der Waals surface area contributed by atoms with Crippen molar-refractivity contribution < 1.29 is 0 Å². The minimum absolute atomic E-state index is 0.385. The first-order chi connectivity index (χ1) is 8.74. The predicted molar refractivity (Wildman–Crippen MR) is 75.4 cm³/mol. The van der Waals surface area contributed by atoms with Gasteiger partial charge in [-0.05, 0) is 37.6 Å². The van der Waals surface area contributed by atoms with Gasteiger partial charge in [-0.1, -0.05) is 25.1 Å². The van der Waals surface area contributed by atoms with E-state index in [2.05, 4.69) is 61.6 Å². The summed E-state index contributed by atoms with van der Waals surface area (Å²) in [6.07, 6.45) is 4.03. The highest BCUT2D eigenvalue weighted by Gasteiger charge is 2.06. The van der Waals surface area contributed by atoms with E-state index in [9.17, 15) is 0 Å². The highest BCUT2D eigenvalue weighted by Crippen LogP contribution is 2.22. The maximum atomic E-state index is 4.32. The van der Waals surface area contributed by atoms with Crippen LogP contribution in [0.25, 0.3) is 11.1 Å². The molecule has 0 amide bonds. The van der Waals surface area contributed by atoms with Crippen LogP contribution >= 0.6 is 0 Å². The number of rotatable bonds is 5. The summed E-state index contributed by atoms with van der Waals surface area (Å²) >= 11 is 0. The van der Waals surface area contributed by atoms with Gasteiger partial charge in [-0.2, -0.15) is 5.10 Å². The van der Waals surface area contributed by atoms with E-state index in [1.807, 2.05) is 10.9 Å². The Bertz CT molecular complexity index is 502. The Kier molecular flexibility index (Phi) is 4.15. The first kappa shape index (κ1) is 12.8. The molecular weight excluding hydrogens is 222 g/mol. The Morgan fingerprint density at radius 2 is 2.11 bits per heavy atom. The summed E-state index contributed by atoms with van der Waals surface area (Å²) < 4.78 is 1.95. The summed E-state index contributed by atoms with van der Waals surface area (Å²) in [5.41, 5.74) is 3.73. The van der Waals surface area contributed by atoms with Crippen molar-refractivity contribution in [3.63, 3.8) is 0 Å². The third kappa shape index (κ3) is 2.79. The number of aryl methyl sites for hydroxylation is 1. The topological polar surface area (TPSA) is 29.9 Å². The molecule has 0 spiro atoms. The molecule has 1 atom stereocenters. The Hall–Kier alpha value is -1.61. The summed E-state index contributed by atoms with van der Waals surface area (Å²) in [5, 5.41) is 7.76. The fourth-order valence-electron chi connectivity index (χ4n) is 2.10. The Morgan fingerprint density at radius 3 is 2.78 bits per heavy atom. The van der Waals surface area contributed by atoms with Gasteiger partial charge in [-0.15, -0.1) is 0 Å². The second-order valence-corrected chi connectivity index (χ2v) is 4.49. The van der Waals surface area contributed by atoms with Crippen LogP contribution in [0, 0.1) is 0 Å². The van der Waals surface area contributed by atoms with Crippen LogP contribution in [0.3, 0.4) is 0 Å². The second-order valence-electron chi connectivity index (χ2n) is 4.49. The highest BCUT2D eigenvalue weighted by atomic mass is 15.3. The van der Waals surface area contributed by atoms with Gasteiger partial charge in [0, 0.05) is 24.3 Å². The zero-order valence-electron chi connectivity index (χ0n) is 11.4. The van der Waals surface area contributed by atoms with Crippen LogP contribution < -0.4 is 5.32 Å². The number of nitrogens with one attached hydrogen (secondary N) is 1. The standard InChI is InChI=1S/C15H21N3/c1-4-16-12(3)13-7-6-8-14(9-13)15-10-17-18(5-2)11-15/h6-12,16H,4-5H2,1-3H3. The molecular formula is C15H21N3. The van der Waals surface area contributed by atoms with Crippen LogP contribution in [0.5, 0.6) is 0 Å². The van der Waals surface area contributed by atoms with E-state index < -0.39 is 0 Å². The quantitative estimate of drug-likeness (QED) is 0.873. The van der Waals surface area contributed by atoms with Crippen molar-refractivity contribution in [1.82, 2.24) is 15.1 Å². The molecule has 3 heteroatoms. The molecule has 0 bridgehead atoms. The SMILES string of the molecule is CCNC(C)c1cccc(-c2cnn(CC)c2)c1. The lowest BCUT2D eigenvalue weighted by Gasteiger charge is -2.13. The van der Waals surface area contributed by atoms with E-state index in [0.29, 0.717) is 6.04 Å². The minimum Gasteiger partial charge on any atom is -0.310 e. The van der Waals surface area contributed by atoms with Gasteiger partial charge >= 0.3 is 0 Å². The van der Waals surface area contributed by atoms with Gasteiger partial charge in [0.05, 0.1) is 6.20 Å². The van der Waals surface area contributed by atoms with Crippen LogP contribution in [0.4, 0.5) is 0 Å². The van der Waals surface area contributed by atoms with Crippen LogP contribution in [-0.2, 0) is 6.54 Å². The lowest BCUT2D eigenvalue weighted by atomic mass is 10.0.